The summed E-state index contributed by atoms with van der Waals surface area (Å²) >= 11 is 0. The molecule has 0 bridgehead atoms. The third-order valence-corrected chi connectivity index (χ3v) is 4.74. The zero-order valence-corrected chi connectivity index (χ0v) is 15.2. The van der Waals surface area contributed by atoms with Crippen molar-refractivity contribution in [2.75, 3.05) is 0 Å². The molecule has 5 aromatic rings. The lowest BCUT2D eigenvalue weighted by Gasteiger charge is -2.14. The molecule has 132 valence electrons. The van der Waals surface area contributed by atoms with Gasteiger partial charge in [0.25, 0.3) is 0 Å². The first kappa shape index (κ1) is 16.3. The van der Waals surface area contributed by atoms with E-state index in [0.29, 0.717) is 0 Å². The van der Waals surface area contributed by atoms with E-state index in [2.05, 4.69) is 29.2 Å². The van der Waals surface area contributed by atoms with Gasteiger partial charge in [-0.05, 0) is 24.3 Å². The lowest BCUT2D eigenvalue weighted by molar-refractivity contribution is 1.28. The van der Waals surface area contributed by atoms with Crippen molar-refractivity contribution in [3.05, 3.63) is 103 Å². The van der Waals surface area contributed by atoms with Gasteiger partial charge in [-0.1, -0.05) is 72.8 Å². The van der Waals surface area contributed by atoms with Gasteiger partial charge in [-0.3, -0.25) is 4.98 Å². The van der Waals surface area contributed by atoms with Crippen LogP contribution in [0, 0.1) is 0 Å². The molecule has 0 amide bonds. The molecule has 3 nitrogen and oxygen atoms in total. The molecule has 0 aliphatic carbocycles. The Labute approximate surface area is 163 Å². The summed E-state index contributed by atoms with van der Waals surface area (Å²) in [4.78, 5) is 14.5. The van der Waals surface area contributed by atoms with Crippen LogP contribution in [0.2, 0.25) is 0 Å². The Morgan fingerprint density at radius 3 is 1.79 bits per heavy atom. The molecular weight excluding hydrogens is 342 g/mol. The number of pyridine rings is 1. The van der Waals surface area contributed by atoms with Gasteiger partial charge < -0.3 is 0 Å². The van der Waals surface area contributed by atoms with Gasteiger partial charge in [0.2, 0.25) is 0 Å². The van der Waals surface area contributed by atoms with Crippen LogP contribution in [0.25, 0.3) is 44.8 Å². The van der Waals surface area contributed by atoms with Crippen molar-refractivity contribution in [3.8, 4) is 33.8 Å². The van der Waals surface area contributed by atoms with Gasteiger partial charge in [0.15, 0.2) is 0 Å². The Morgan fingerprint density at radius 1 is 0.464 bits per heavy atom. The lowest BCUT2D eigenvalue weighted by atomic mass is 9.97. The van der Waals surface area contributed by atoms with Crippen LogP contribution in [-0.4, -0.2) is 15.0 Å². The van der Waals surface area contributed by atoms with Crippen molar-refractivity contribution in [2.24, 2.45) is 0 Å². The highest BCUT2D eigenvalue weighted by Crippen LogP contribution is 2.36. The maximum atomic E-state index is 5.02. The van der Waals surface area contributed by atoms with E-state index in [0.717, 1.165) is 44.8 Å². The molecule has 28 heavy (non-hydrogen) atoms. The molecule has 2 heterocycles. The number of para-hydroxylation sites is 2. The predicted octanol–water partition coefficient (Wildman–Crippen LogP) is 6.03. The van der Waals surface area contributed by atoms with Crippen LogP contribution in [0.3, 0.4) is 0 Å². The summed E-state index contributed by atoms with van der Waals surface area (Å²) in [6.45, 7) is 0. The molecule has 3 aromatic carbocycles. The summed E-state index contributed by atoms with van der Waals surface area (Å²) < 4.78 is 0. The van der Waals surface area contributed by atoms with Gasteiger partial charge in [-0.25, -0.2) is 9.97 Å². The summed E-state index contributed by atoms with van der Waals surface area (Å²) in [6, 6.07) is 32.4. The molecule has 0 atom stereocenters. The fraction of sp³-hybridized carbons (Fsp3) is 0. The molecule has 0 saturated heterocycles. The lowest BCUT2D eigenvalue weighted by Crippen LogP contribution is -1.97. The van der Waals surface area contributed by atoms with E-state index < -0.39 is 0 Å². The minimum absolute atomic E-state index is 0.867. The maximum Gasteiger partial charge on any atom is 0.0979 e. The Bertz CT molecular complexity index is 1250. The second-order valence-corrected chi connectivity index (χ2v) is 6.54. The highest BCUT2D eigenvalue weighted by Gasteiger charge is 2.16. The molecule has 0 N–H and O–H groups in total. The fourth-order valence-electron chi connectivity index (χ4n) is 3.42. The number of nitrogens with zero attached hydrogens (tertiary/aromatic N) is 3. The van der Waals surface area contributed by atoms with Crippen LogP contribution < -0.4 is 0 Å². The van der Waals surface area contributed by atoms with Crippen molar-refractivity contribution in [2.45, 2.75) is 0 Å². The molecule has 0 aliphatic rings. The van der Waals surface area contributed by atoms with Crippen molar-refractivity contribution >= 4 is 11.0 Å². The molecule has 0 radical (unpaired) electrons. The summed E-state index contributed by atoms with van der Waals surface area (Å²) in [5.41, 5.74) is 7.56. The summed E-state index contributed by atoms with van der Waals surface area (Å²) in [5.74, 6) is 0. The molecule has 0 spiro atoms. The van der Waals surface area contributed by atoms with Crippen molar-refractivity contribution in [1.82, 2.24) is 15.0 Å². The van der Waals surface area contributed by atoms with Crippen LogP contribution in [0.4, 0.5) is 0 Å². The van der Waals surface area contributed by atoms with Gasteiger partial charge >= 0.3 is 0 Å². The molecule has 2 aromatic heterocycles. The number of hydrogen-bond donors (Lipinski definition) is 0. The SMILES string of the molecule is c1ccc(-c2nc3ccccc3nc2-c2ccccc2-c2ccccn2)cc1. The van der Waals surface area contributed by atoms with E-state index in [1.165, 1.54) is 0 Å². The van der Waals surface area contributed by atoms with E-state index in [1.54, 1.807) is 0 Å². The molecule has 5 rings (SSSR count). The third kappa shape index (κ3) is 2.93. The zero-order valence-electron chi connectivity index (χ0n) is 15.2. The number of hydrogen-bond acceptors (Lipinski definition) is 3. The van der Waals surface area contributed by atoms with Gasteiger partial charge in [-0.15, -0.1) is 0 Å². The van der Waals surface area contributed by atoms with Crippen LogP contribution in [0.5, 0.6) is 0 Å². The Balaban J connectivity index is 1.83. The average molecular weight is 359 g/mol. The largest absolute Gasteiger partial charge is 0.256 e. The number of fused-ring (bicyclic) bond motifs is 1. The number of rotatable bonds is 3. The maximum absolute atomic E-state index is 5.02. The van der Waals surface area contributed by atoms with E-state index in [-0.39, 0.29) is 0 Å². The predicted molar refractivity (Wildman–Crippen MR) is 114 cm³/mol. The first-order valence-corrected chi connectivity index (χ1v) is 9.23. The fourth-order valence-corrected chi connectivity index (χ4v) is 3.42. The Morgan fingerprint density at radius 2 is 1.07 bits per heavy atom. The molecule has 0 fully saturated rings. The van der Waals surface area contributed by atoms with Crippen molar-refractivity contribution in [3.63, 3.8) is 0 Å². The average Bonchev–Trinajstić information content (AvgIpc) is 2.79. The second-order valence-electron chi connectivity index (χ2n) is 6.54. The van der Waals surface area contributed by atoms with Gasteiger partial charge in [0.1, 0.15) is 0 Å². The molecular formula is C25H17N3. The smallest absolute Gasteiger partial charge is 0.0979 e. The first-order valence-electron chi connectivity index (χ1n) is 9.23. The minimum atomic E-state index is 0.867. The summed E-state index contributed by atoms with van der Waals surface area (Å²) in [7, 11) is 0. The molecule has 0 aliphatic heterocycles. The van der Waals surface area contributed by atoms with Gasteiger partial charge in [0.05, 0.1) is 28.1 Å². The second kappa shape index (κ2) is 7.05. The normalized spacial score (nSPS) is 10.9. The monoisotopic (exact) mass is 359 g/mol. The van der Waals surface area contributed by atoms with E-state index >= 15 is 0 Å². The van der Waals surface area contributed by atoms with Crippen LogP contribution in [-0.2, 0) is 0 Å². The van der Waals surface area contributed by atoms with Crippen LogP contribution in [0.15, 0.2) is 103 Å². The Hall–Kier alpha value is -3.85. The molecule has 0 unspecified atom stereocenters. The van der Waals surface area contributed by atoms with E-state index in [1.807, 2.05) is 79.0 Å². The number of aromatic nitrogens is 3. The van der Waals surface area contributed by atoms with Gasteiger partial charge in [-0.2, -0.15) is 0 Å². The third-order valence-electron chi connectivity index (χ3n) is 4.74. The van der Waals surface area contributed by atoms with Crippen LogP contribution >= 0.6 is 0 Å². The van der Waals surface area contributed by atoms with Crippen molar-refractivity contribution < 1.29 is 0 Å². The number of benzene rings is 3. The first-order chi connectivity index (χ1) is 13.9. The Kier molecular flexibility index (Phi) is 4.11. The van der Waals surface area contributed by atoms with E-state index in [9.17, 15) is 0 Å². The van der Waals surface area contributed by atoms with Crippen LogP contribution in [0.1, 0.15) is 0 Å². The molecule has 3 heteroatoms. The quantitative estimate of drug-likeness (QED) is 0.395. The highest BCUT2D eigenvalue weighted by atomic mass is 14.8. The van der Waals surface area contributed by atoms with Crippen molar-refractivity contribution in [1.29, 1.82) is 0 Å². The van der Waals surface area contributed by atoms with E-state index in [4.69, 9.17) is 9.97 Å². The standard InChI is InChI=1S/C25H17N3/c1-2-10-18(11-3-1)24-25(28-23-16-7-6-15-22(23)27-24)20-13-5-4-12-19(20)21-14-8-9-17-26-21/h1-17H. The zero-order chi connectivity index (χ0) is 18.8. The van der Waals surface area contributed by atoms with Gasteiger partial charge in [0, 0.05) is 22.9 Å². The molecule has 0 saturated carbocycles. The summed E-state index contributed by atoms with van der Waals surface area (Å²) in [5, 5.41) is 0. The highest BCUT2D eigenvalue weighted by molar-refractivity contribution is 5.91. The summed E-state index contributed by atoms with van der Waals surface area (Å²) in [6.07, 6.45) is 1.82. The minimum Gasteiger partial charge on any atom is -0.256 e. The topological polar surface area (TPSA) is 38.7 Å².